The first-order valence-corrected chi connectivity index (χ1v) is 10.7. The van der Waals surface area contributed by atoms with Crippen molar-refractivity contribution in [2.24, 2.45) is 5.92 Å². The summed E-state index contributed by atoms with van der Waals surface area (Å²) in [4.78, 5) is 14.3. The molecule has 128 valence electrons. The number of piperidine rings is 2. The maximum absolute atomic E-state index is 12.7. The fourth-order valence-electron chi connectivity index (χ4n) is 3.20. The van der Waals surface area contributed by atoms with Gasteiger partial charge in [0.1, 0.15) is 4.21 Å². The summed E-state index contributed by atoms with van der Waals surface area (Å²) in [6.07, 6.45) is 5.05. The van der Waals surface area contributed by atoms with Gasteiger partial charge in [0.25, 0.3) is 15.9 Å². The summed E-state index contributed by atoms with van der Waals surface area (Å²) in [5, 5.41) is 1.69. The fourth-order valence-corrected chi connectivity index (χ4v) is 5.97. The Morgan fingerprint density at radius 2 is 1.78 bits per heavy atom. The van der Waals surface area contributed by atoms with Gasteiger partial charge in [0.05, 0.1) is 5.56 Å². The summed E-state index contributed by atoms with van der Waals surface area (Å²) in [6.45, 7) is 4.87. The number of thiophene rings is 1. The van der Waals surface area contributed by atoms with E-state index in [1.54, 1.807) is 15.8 Å². The highest BCUT2D eigenvalue weighted by atomic mass is 32.2. The van der Waals surface area contributed by atoms with Crippen LogP contribution in [0.5, 0.6) is 0 Å². The number of nitrogens with zero attached hydrogens (tertiary/aromatic N) is 2. The van der Waals surface area contributed by atoms with Crippen LogP contribution in [0.25, 0.3) is 0 Å². The molecule has 0 saturated carbocycles. The molecule has 0 radical (unpaired) electrons. The second-order valence-electron chi connectivity index (χ2n) is 6.59. The third-order valence-corrected chi connectivity index (χ3v) is 8.12. The zero-order chi connectivity index (χ0) is 16.4. The average Bonchev–Trinajstić information content (AvgIpc) is 3.06. The van der Waals surface area contributed by atoms with Gasteiger partial charge in [-0.05, 0) is 44.1 Å². The Kier molecular flexibility index (Phi) is 5.08. The maximum atomic E-state index is 12.7. The zero-order valence-electron chi connectivity index (χ0n) is 13.5. The van der Waals surface area contributed by atoms with E-state index in [1.807, 2.05) is 4.90 Å². The van der Waals surface area contributed by atoms with E-state index in [0.29, 0.717) is 28.8 Å². The second kappa shape index (κ2) is 6.91. The monoisotopic (exact) mass is 356 g/mol. The topological polar surface area (TPSA) is 57.7 Å². The molecule has 5 nitrogen and oxygen atoms in total. The van der Waals surface area contributed by atoms with Gasteiger partial charge in [-0.1, -0.05) is 6.92 Å². The Hall–Kier alpha value is -0.920. The average molecular weight is 357 g/mol. The second-order valence-corrected chi connectivity index (χ2v) is 9.67. The minimum absolute atomic E-state index is 0.0327. The predicted molar refractivity (Wildman–Crippen MR) is 91.2 cm³/mol. The van der Waals surface area contributed by atoms with Gasteiger partial charge in [-0.15, -0.1) is 11.3 Å². The van der Waals surface area contributed by atoms with Crippen molar-refractivity contribution >= 4 is 27.3 Å². The molecule has 0 aromatic carbocycles. The standard InChI is InChI=1S/C16H24N2O3S2/c1-13-5-9-18(10-6-13)23(20,21)15-11-14(12-22-15)16(19)17-7-3-2-4-8-17/h11-13H,2-10H2,1H3. The molecule has 2 aliphatic heterocycles. The molecule has 7 heteroatoms. The van der Waals surface area contributed by atoms with E-state index in [-0.39, 0.29) is 5.91 Å². The van der Waals surface area contributed by atoms with Crippen LogP contribution in [0.2, 0.25) is 0 Å². The largest absolute Gasteiger partial charge is 0.339 e. The number of likely N-dealkylation sites (tertiary alicyclic amines) is 1. The van der Waals surface area contributed by atoms with E-state index in [4.69, 9.17) is 0 Å². The Morgan fingerprint density at radius 1 is 1.13 bits per heavy atom. The number of carbonyl (C=O) groups is 1. The van der Waals surface area contributed by atoms with Crippen molar-refractivity contribution in [3.05, 3.63) is 17.0 Å². The van der Waals surface area contributed by atoms with Crippen molar-refractivity contribution < 1.29 is 13.2 Å². The molecule has 0 atom stereocenters. The van der Waals surface area contributed by atoms with Crippen molar-refractivity contribution in [3.8, 4) is 0 Å². The fraction of sp³-hybridized carbons (Fsp3) is 0.688. The van der Waals surface area contributed by atoms with Gasteiger partial charge in [-0.25, -0.2) is 8.42 Å². The Balaban J connectivity index is 1.74. The van der Waals surface area contributed by atoms with Gasteiger partial charge < -0.3 is 4.90 Å². The molecule has 0 N–H and O–H groups in total. The van der Waals surface area contributed by atoms with Gasteiger partial charge in [-0.2, -0.15) is 4.31 Å². The van der Waals surface area contributed by atoms with Crippen LogP contribution in [0.1, 0.15) is 49.4 Å². The van der Waals surface area contributed by atoms with Gasteiger partial charge in [0.15, 0.2) is 0 Å². The van der Waals surface area contributed by atoms with E-state index in [2.05, 4.69) is 6.92 Å². The van der Waals surface area contributed by atoms with Crippen molar-refractivity contribution in [1.82, 2.24) is 9.21 Å². The molecule has 3 heterocycles. The molecule has 2 fully saturated rings. The van der Waals surface area contributed by atoms with Crippen molar-refractivity contribution in [1.29, 1.82) is 0 Å². The SMILES string of the molecule is CC1CCN(S(=O)(=O)c2cc(C(=O)N3CCCCC3)cs2)CC1. The first kappa shape index (κ1) is 16.9. The first-order valence-electron chi connectivity index (χ1n) is 8.36. The summed E-state index contributed by atoms with van der Waals surface area (Å²) >= 11 is 1.17. The highest BCUT2D eigenvalue weighted by Crippen LogP contribution is 2.28. The van der Waals surface area contributed by atoms with Gasteiger partial charge in [0, 0.05) is 31.6 Å². The molecule has 0 unspecified atom stereocenters. The number of carbonyl (C=O) groups excluding carboxylic acids is 1. The Morgan fingerprint density at radius 3 is 2.43 bits per heavy atom. The van der Waals surface area contributed by atoms with E-state index in [1.165, 1.54) is 17.8 Å². The normalized spacial score (nSPS) is 21.5. The highest BCUT2D eigenvalue weighted by molar-refractivity contribution is 7.91. The lowest BCUT2D eigenvalue weighted by Crippen LogP contribution is -2.37. The third-order valence-electron chi connectivity index (χ3n) is 4.80. The molecule has 2 saturated heterocycles. The van der Waals surface area contributed by atoms with Crippen molar-refractivity contribution in [2.75, 3.05) is 26.2 Å². The lowest BCUT2D eigenvalue weighted by Gasteiger charge is -2.28. The Bertz CT molecular complexity index is 655. The first-order chi connectivity index (χ1) is 11.0. The molecule has 0 aliphatic carbocycles. The smallest absolute Gasteiger partial charge is 0.254 e. The molecule has 0 spiro atoms. The number of rotatable bonds is 3. The van der Waals surface area contributed by atoms with Gasteiger partial charge >= 0.3 is 0 Å². The molecule has 2 aliphatic rings. The summed E-state index contributed by atoms with van der Waals surface area (Å²) < 4.78 is 27.3. The molecule has 1 aromatic rings. The summed E-state index contributed by atoms with van der Waals surface area (Å²) in [5.41, 5.74) is 0.515. The molecular formula is C16H24N2O3S2. The summed E-state index contributed by atoms with van der Waals surface area (Å²) in [6, 6.07) is 1.56. The quantitative estimate of drug-likeness (QED) is 0.837. The van der Waals surface area contributed by atoms with Crippen LogP contribution in [0.15, 0.2) is 15.7 Å². The van der Waals surface area contributed by atoms with E-state index in [9.17, 15) is 13.2 Å². The zero-order valence-corrected chi connectivity index (χ0v) is 15.2. The van der Waals surface area contributed by atoms with Crippen molar-refractivity contribution in [3.63, 3.8) is 0 Å². The third kappa shape index (κ3) is 3.61. The maximum Gasteiger partial charge on any atom is 0.254 e. The van der Waals surface area contributed by atoms with Crippen LogP contribution in [0.3, 0.4) is 0 Å². The summed E-state index contributed by atoms with van der Waals surface area (Å²) in [7, 11) is -3.45. The lowest BCUT2D eigenvalue weighted by molar-refractivity contribution is 0.0725. The number of hydrogen-bond donors (Lipinski definition) is 0. The molecular weight excluding hydrogens is 332 g/mol. The molecule has 3 rings (SSSR count). The van der Waals surface area contributed by atoms with Gasteiger partial charge in [0.2, 0.25) is 0 Å². The summed E-state index contributed by atoms with van der Waals surface area (Å²) in [5.74, 6) is 0.552. The molecule has 0 bridgehead atoms. The highest BCUT2D eigenvalue weighted by Gasteiger charge is 2.30. The number of hydrogen-bond acceptors (Lipinski definition) is 4. The van der Waals surface area contributed by atoms with Crippen LogP contribution in [0.4, 0.5) is 0 Å². The minimum atomic E-state index is -3.45. The van der Waals surface area contributed by atoms with E-state index >= 15 is 0 Å². The van der Waals surface area contributed by atoms with Crippen LogP contribution >= 0.6 is 11.3 Å². The number of amides is 1. The van der Waals surface area contributed by atoms with Crippen molar-refractivity contribution in [2.45, 2.75) is 43.2 Å². The molecule has 1 aromatic heterocycles. The Labute approximate surface area is 142 Å². The van der Waals surface area contributed by atoms with E-state index in [0.717, 1.165) is 38.8 Å². The lowest BCUT2D eigenvalue weighted by atomic mass is 10.0. The number of sulfonamides is 1. The van der Waals surface area contributed by atoms with Crippen LogP contribution in [-0.2, 0) is 10.0 Å². The van der Waals surface area contributed by atoms with Crippen LogP contribution in [-0.4, -0.2) is 49.7 Å². The minimum Gasteiger partial charge on any atom is -0.339 e. The molecule has 23 heavy (non-hydrogen) atoms. The molecule has 1 amide bonds. The van der Waals surface area contributed by atoms with Crippen LogP contribution < -0.4 is 0 Å². The van der Waals surface area contributed by atoms with Gasteiger partial charge in [-0.3, -0.25) is 4.79 Å². The van der Waals surface area contributed by atoms with E-state index < -0.39 is 10.0 Å². The predicted octanol–water partition coefficient (Wildman–Crippen LogP) is 2.79. The van der Waals surface area contributed by atoms with Crippen LogP contribution in [0, 0.1) is 5.92 Å².